The summed E-state index contributed by atoms with van der Waals surface area (Å²) in [5.74, 6) is 1.34. The third-order valence-electron chi connectivity index (χ3n) is 3.93. The number of alkyl halides is 3. The van der Waals surface area contributed by atoms with Crippen molar-refractivity contribution in [3.8, 4) is 11.5 Å². The molecule has 3 rings (SSSR count). The number of fused-ring (bicyclic) bond motifs is 1. The molecule has 30 heavy (non-hydrogen) atoms. The third-order valence-corrected chi connectivity index (χ3v) is 4.95. The fraction of sp³-hybridized carbons (Fsp3) is 0.412. The first-order valence-electron chi connectivity index (χ1n) is 8.78. The number of aromatic nitrogens is 3. The summed E-state index contributed by atoms with van der Waals surface area (Å²) in [5, 5.41) is 12.1. The highest BCUT2D eigenvalue weighted by molar-refractivity contribution is 7.99. The third kappa shape index (κ3) is 5.78. The summed E-state index contributed by atoms with van der Waals surface area (Å²) in [6.07, 6.45) is -5.09. The first-order chi connectivity index (χ1) is 14.2. The van der Waals surface area contributed by atoms with Crippen molar-refractivity contribution in [3.63, 3.8) is 0 Å². The SMILES string of the molecule is Cn1c(SCCC(=O)NC(=O)NCC(F)(F)F)nnc1[C@@H]1COc2ccccc2O1. The fourth-order valence-corrected chi connectivity index (χ4v) is 3.38. The van der Waals surface area contributed by atoms with E-state index < -0.39 is 30.8 Å². The van der Waals surface area contributed by atoms with Gasteiger partial charge < -0.3 is 19.4 Å². The van der Waals surface area contributed by atoms with E-state index in [4.69, 9.17) is 9.47 Å². The summed E-state index contributed by atoms with van der Waals surface area (Å²) in [6.45, 7) is -1.25. The average Bonchev–Trinajstić information content (AvgIpc) is 3.06. The number of hydrogen-bond acceptors (Lipinski definition) is 7. The Bertz CT molecular complexity index is 921. The van der Waals surface area contributed by atoms with Crippen LogP contribution in [-0.2, 0) is 11.8 Å². The van der Waals surface area contributed by atoms with Crippen LogP contribution in [0.4, 0.5) is 18.0 Å². The van der Waals surface area contributed by atoms with Gasteiger partial charge in [-0.05, 0) is 12.1 Å². The maximum Gasteiger partial charge on any atom is 0.405 e. The molecule has 2 aromatic rings. The van der Waals surface area contributed by atoms with Crippen molar-refractivity contribution >= 4 is 23.7 Å². The highest BCUT2D eigenvalue weighted by atomic mass is 32.2. The fourth-order valence-electron chi connectivity index (χ4n) is 2.53. The Labute approximate surface area is 173 Å². The van der Waals surface area contributed by atoms with Crippen molar-refractivity contribution in [2.45, 2.75) is 23.9 Å². The van der Waals surface area contributed by atoms with Gasteiger partial charge in [0.1, 0.15) is 13.2 Å². The van der Waals surface area contributed by atoms with Crippen LogP contribution in [0.1, 0.15) is 18.3 Å². The quantitative estimate of drug-likeness (QED) is 0.657. The van der Waals surface area contributed by atoms with Gasteiger partial charge in [0.25, 0.3) is 0 Å². The molecule has 9 nitrogen and oxygen atoms in total. The van der Waals surface area contributed by atoms with Gasteiger partial charge in [-0.2, -0.15) is 13.2 Å². The lowest BCUT2D eigenvalue weighted by atomic mass is 10.2. The molecular formula is C17H18F3N5O4S. The summed E-state index contributed by atoms with van der Waals surface area (Å²) in [5.41, 5.74) is 0. The first kappa shape index (κ1) is 21.7. The number of carbonyl (C=O) groups excluding carboxylic acids is 2. The van der Waals surface area contributed by atoms with Gasteiger partial charge in [-0.25, -0.2) is 4.79 Å². The predicted octanol–water partition coefficient (Wildman–Crippen LogP) is 2.20. The molecule has 1 aliphatic rings. The zero-order valence-corrected chi connectivity index (χ0v) is 16.5. The van der Waals surface area contributed by atoms with Gasteiger partial charge in [-0.1, -0.05) is 23.9 Å². The van der Waals surface area contributed by atoms with Gasteiger partial charge in [0.2, 0.25) is 5.91 Å². The second-order valence-corrected chi connectivity index (χ2v) is 7.27. The molecule has 0 bridgehead atoms. The number of nitrogens with zero attached hydrogens (tertiary/aromatic N) is 3. The minimum absolute atomic E-state index is 0.0945. The van der Waals surface area contributed by atoms with Gasteiger partial charge in [0.15, 0.2) is 28.6 Å². The van der Waals surface area contributed by atoms with Crippen LogP contribution in [0, 0.1) is 0 Å². The minimum atomic E-state index is -4.55. The largest absolute Gasteiger partial charge is 0.485 e. The molecule has 1 aromatic heterocycles. The lowest BCUT2D eigenvalue weighted by molar-refractivity contribution is -0.124. The van der Waals surface area contributed by atoms with Crippen molar-refractivity contribution in [1.82, 2.24) is 25.4 Å². The lowest BCUT2D eigenvalue weighted by Crippen LogP contribution is -2.43. The van der Waals surface area contributed by atoms with Crippen LogP contribution in [0.2, 0.25) is 0 Å². The number of rotatable bonds is 6. The lowest BCUT2D eigenvalue weighted by Gasteiger charge is -2.25. The molecule has 0 aliphatic carbocycles. The van der Waals surface area contributed by atoms with Gasteiger partial charge >= 0.3 is 12.2 Å². The molecule has 0 unspecified atom stereocenters. The van der Waals surface area contributed by atoms with Crippen LogP contribution in [0.15, 0.2) is 29.4 Å². The van der Waals surface area contributed by atoms with Crippen molar-refractivity contribution in [3.05, 3.63) is 30.1 Å². The Balaban J connectivity index is 1.47. The van der Waals surface area contributed by atoms with Gasteiger partial charge in [-0.15, -0.1) is 10.2 Å². The molecule has 13 heteroatoms. The maximum atomic E-state index is 12.0. The summed E-state index contributed by atoms with van der Waals surface area (Å²) < 4.78 is 49.4. The molecule has 0 saturated heterocycles. The number of para-hydroxylation sites is 2. The van der Waals surface area contributed by atoms with Crippen molar-refractivity contribution in [2.24, 2.45) is 7.05 Å². The van der Waals surface area contributed by atoms with E-state index in [-0.39, 0.29) is 18.8 Å². The molecule has 1 aromatic carbocycles. The predicted molar refractivity (Wildman–Crippen MR) is 99.2 cm³/mol. The number of ether oxygens (including phenoxy) is 2. The van der Waals surface area contributed by atoms with Crippen LogP contribution in [0.3, 0.4) is 0 Å². The number of carbonyl (C=O) groups is 2. The van der Waals surface area contributed by atoms with E-state index in [2.05, 4.69) is 10.2 Å². The summed E-state index contributed by atoms with van der Waals surface area (Å²) in [4.78, 5) is 22.9. The number of hydrogen-bond donors (Lipinski definition) is 2. The van der Waals surface area contributed by atoms with E-state index in [1.807, 2.05) is 17.4 Å². The topological polar surface area (TPSA) is 107 Å². The van der Waals surface area contributed by atoms with Crippen LogP contribution in [0.5, 0.6) is 11.5 Å². The number of urea groups is 1. The number of nitrogens with one attached hydrogen (secondary N) is 2. The maximum absolute atomic E-state index is 12.0. The molecule has 2 heterocycles. The molecule has 3 amide bonds. The second kappa shape index (κ2) is 9.24. The number of amides is 3. The van der Waals surface area contributed by atoms with Crippen LogP contribution >= 0.6 is 11.8 Å². The van der Waals surface area contributed by atoms with E-state index >= 15 is 0 Å². The molecule has 0 radical (unpaired) electrons. The van der Waals surface area contributed by atoms with E-state index in [0.717, 1.165) is 0 Å². The smallest absolute Gasteiger partial charge is 0.405 e. The first-order valence-corrected chi connectivity index (χ1v) is 9.76. The van der Waals surface area contributed by atoms with E-state index in [1.54, 1.807) is 29.1 Å². The zero-order valence-electron chi connectivity index (χ0n) is 15.7. The van der Waals surface area contributed by atoms with Gasteiger partial charge in [-0.3, -0.25) is 10.1 Å². The molecule has 1 atom stereocenters. The number of imide groups is 1. The monoisotopic (exact) mass is 445 g/mol. The minimum Gasteiger partial charge on any atom is -0.485 e. The highest BCUT2D eigenvalue weighted by Crippen LogP contribution is 2.35. The Morgan fingerprint density at radius 1 is 1.27 bits per heavy atom. The Hall–Kier alpha value is -2.96. The molecule has 0 fully saturated rings. The molecule has 1 aliphatic heterocycles. The molecule has 0 saturated carbocycles. The van der Waals surface area contributed by atoms with Crippen molar-refractivity contribution < 1.29 is 32.2 Å². The standard InChI is InChI=1S/C17H18F3N5O4S/c1-25-14(12-8-28-10-4-2-3-5-11(10)29-12)23-24-16(25)30-7-6-13(26)22-15(27)21-9-17(18,19)20/h2-5,12H,6-9H2,1H3,(H2,21,22,26,27)/t12-/m0/s1. The summed E-state index contributed by atoms with van der Waals surface area (Å²) in [6, 6.07) is 6.07. The zero-order chi connectivity index (χ0) is 21.7. The Kier molecular flexibility index (Phi) is 6.70. The number of benzene rings is 1. The van der Waals surface area contributed by atoms with Gasteiger partial charge in [0, 0.05) is 19.2 Å². The van der Waals surface area contributed by atoms with Crippen molar-refractivity contribution in [1.29, 1.82) is 0 Å². The Morgan fingerprint density at radius 2 is 2.00 bits per heavy atom. The van der Waals surface area contributed by atoms with E-state index in [9.17, 15) is 22.8 Å². The summed E-state index contributed by atoms with van der Waals surface area (Å²) >= 11 is 1.21. The normalized spacial score (nSPS) is 15.5. The summed E-state index contributed by atoms with van der Waals surface area (Å²) in [7, 11) is 1.74. The molecule has 0 spiro atoms. The average molecular weight is 445 g/mol. The number of thioether (sulfide) groups is 1. The van der Waals surface area contributed by atoms with Crippen LogP contribution in [-0.4, -0.2) is 51.8 Å². The van der Waals surface area contributed by atoms with E-state index in [1.165, 1.54) is 11.8 Å². The van der Waals surface area contributed by atoms with Gasteiger partial charge in [0.05, 0.1) is 0 Å². The van der Waals surface area contributed by atoms with Crippen LogP contribution < -0.4 is 20.1 Å². The van der Waals surface area contributed by atoms with Crippen molar-refractivity contribution in [2.75, 3.05) is 18.9 Å². The number of halogens is 3. The molecule has 2 N–H and O–H groups in total. The molecular weight excluding hydrogens is 427 g/mol. The highest BCUT2D eigenvalue weighted by Gasteiger charge is 2.28. The molecule has 162 valence electrons. The van der Waals surface area contributed by atoms with E-state index in [0.29, 0.717) is 22.5 Å². The second-order valence-electron chi connectivity index (χ2n) is 6.21. The van der Waals surface area contributed by atoms with Crippen LogP contribution in [0.25, 0.3) is 0 Å². The Morgan fingerprint density at radius 3 is 2.73 bits per heavy atom.